The Hall–Kier alpha value is -1.49. The lowest BCUT2D eigenvalue weighted by molar-refractivity contribution is 0.100. The number of aromatic nitrogens is 1. The first-order chi connectivity index (χ1) is 6.72. The van der Waals surface area contributed by atoms with Gasteiger partial charge in [0, 0.05) is 0 Å². The van der Waals surface area contributed by atoms with Gasteiger partial charge in [0.25, 0.3) is 11.1 Å². The molecule has 2 N–H and O–H groups in total. The van der Waals surface area contributed by atoms with Crippen molar-refractivity contribution >= 4 is 28.8 Å². The maximum atomic E-state index is 11.0. The fraction of sp³-hybridized carbons (Fsp3) is 0.111. The number of benzene rings is 1. The van der Waals surface area contributed by atoms with Crippen LogP contribution in [0.25, 0.3) is 11.1 Å². The number of carbonyl (C=O) groups is 1. The third kappa shape index (κ3) is 1.35. The molecule has 0 aliphatic heterocycles. The van der Waals surface area contributed by atoms with Crippen molar-refractivity contribution in [2.24, 2.45) is 5.73 Å². The van der Waals surface area contributed by atoms with Gasteiger partial charge in [0.2, 0.25) is 0 Å². The number of carbonyl (C=O) groups excluding carboxylic acids is 1. The Balaban J connectivity index is 2.73. The van der Waals surface area contributed by atoms with Crippen LogP contribution in [0.5, 0.6) is 0 Å². The summed E-state index contributed by atoms with van der Waals surface area (Å²) >= 11 is 1.39. The predicted molar refractivity (Wildman–Crippen MR) is 54.3 cm³/mol. The summed E-state index contributed by atoms with van der Waals surface area (Å²) in [4.78, 5) is 15.2. The first kappa shape index (κ1) is 9.08. The largest absolute Gasteiger partial charge is 0.431 e. The Morgan fingerprint density at radius 3 is 3.00 bits per heavy atom. The summed E-state index contributed by atoms with van der Waals surface area (Å²) in [6.45, 7) is 0. The molecule has 0 aliphatic rings. The molecule has 1 amide bonds. The van der Waals surface area contributed by atoms with Crippen molar-refractivity contribution in [3.8, 4) is 0 Å². The lowest BCUT2D eigenvalue weighted by atomic mass is 10.2. The molecule has 1 aromatic carbocycles. The van der Waals surface area contributed by atoms with Crippen LogP contribution < -0.4 is 5.73 Å². The molecule has 0 aliphatic carbocycles. The smallest absolute Gasteiger partial charge is 0.256 e. The second-order valence-corrected chi connectivity index (χ2v) is 3.46. The molecular formula is C9H8N2O2S. The molecule has 72 valence electrons. The van der Waals surface area contributed by atoms with E-state index < -0.39 is 5.91 Å². The van der Waals surface area contributed by atoms with E-state index in [4.69, 9.17) is 10.2 Å². The molecule has 4 nitrogen and oxygen atoms in total. The first-order valence-electron chi connectivity index (χ1n) is 3.95. The number of fused-ring (bicyclic) bond motifs is 1. The van der Waals surface area contributed by atoms with Crippen molar-refractivity contribution in [2.75, 3.05) is 6.26 Å². The van der Waals surface area contributed by atoms with Crippen molar-refractivity contribution in [3.63, 3.8) is 0 Å². The highest BCUT2D eigenvalue weighted by Crippen LogP contribution is 2.23. The maximum absolute atomic E-state index is 11.0. The minimum Gasteiger partial charge on any atom is -0.431 e. The van der Waals surface area contributed by atoms with Crippen LogP contribution in [0.1, 0.15) is 10.4 Å². The fourth-order valence-corrected chi connectivity index (χ4v) is 1.57. The molecule has 0 atom stereocenters. The lowest BCUT2D eigenvalue weighted by Crippen LogP contribution is -2.11. The van der Waals surface area contributed by atoms with Crippen LogP contribution in [0.2, 0.25) is 0 Å². The lowest BCUT2D eigenvalue weighted by Gasteiger charge is -1.93. The van der Waals surface area contributed by atoms with E-state index in [1.165, 1.54) is 11.8 Å². The molecule has 14 heavy (non-hydrogen) atoms. The number of primary amides is 1. The van der Waals surface area contributed by atoms with E-state index in [9.17, 15) is 4.79 Å². The molecule has 0 radical (unpaired) electrons. The minimum atomic E-state index is -0.489. The van der Waals surface area contributed by atoms with E-state index >= 15 is 0 Å². The summed E-state index contributed by atoms with van der Waals surface area (Å²) in [6, 6.07) is 5.11. The van der Waals surface area contributed by atoms with E-state index in [-0.39, 0.29) is 0 Å². The van der Waals surface area contributed by atoms with Gasteiger partial charge in [0.05, 0.1) is 5.56 Å². The molecule has 0 saturated heterocycles. The van der Waals surface area contributed by atoms with Crippen molar-refractivity contribution in [3.05, 3.63) is 23.8 Å². The van der Waals surface area contributed by atoms with Crippen LogP contribution in [0, 0.1) is 0 Å². The van der Waals surface area contributed by atoms with Gasteiger partial charge in [-0.3, -0.25) is 4.79 Å². The Kier molecular flexibility index (Phi) is 2.17. The van der Waals surface area contributed by atoms with Gasteiger partial charge in [-0.2, -0.15) is 0 Å². The zero-order valence-corrected chi connectivity index (χ0v) is 8.30. The first-order valence-corrected chi connectivity index (χ1v) is 5.18. The number of amides is 1. The van der Waals surface area contributed by atoms with E-state index in [0.29, 0.717) is 21.9 Å². The quantitative estimate of drug-likeness (QED) is 0.762. The van der Waals surface area contributed by atoms with Crippen LogP contribution in [-0.2, 0) is 0 Å². The highest BCUT2D eigenvalue weighted by Gasteiger charge is 2.11. The van der Waals surface area contributed by atoms with Gasteiger partial charge in [0.1, 0.15) is 5.52 Å². The highest BCUT2D eigenvalue weighted by molar-refractivity contribution is 7.98. The number of para-hydroxylation sites is 1. The summed E-state index contributed by atoms with van der Waals surface area (Å²) in [5.41, 5.74) is 6.72. The monoisotopic (exact) mass is 208 g/mol. The van der Waals surface area contributed by atoms with Gasteiger partial charge in [-0.05, 0) is 18.4 Å². The second kappa shape index (κ2) is 3.34. The zero-order chi connectivity index (χ0) is 10.1. The highest BCUT2D eigenvalue weighted by atomic mass is 32.2. The van der Waals surface area contributed by atoms with Crippen molar-refractivity contribution in [1.82, 2.24) is 4.98 Å². The number of hydrogen-bond acceptors (Lipinski definition) is 4. The molecule has 5 heteroatoms. The van der Waals surface area contributed by atoms with E-state index in [2.05, 4.69) is 4.98 Å². The molecular weight excluding hydrogens is 200 g/mol. The van der Waals surface area contributed by atoms with Gasteiger partial charge in [0.15, 0.2) is 5.58 Å². The van der Waals surface area contributed by atoms with Crippen molar-refractivity contribution in [2.45, 2.75) is 5.22 Å². The number of hydrogen-bond donors (Lipinski definition) is 1. The Morgan fingerprint density at radius 2 is 2.36 bits per heavy atom. The van der Waals surface area contributed by atoms with Gasteiger partial charge in [-0.15, -0.1) is 0 Å². The van der Waals surface area contributed by atoms with Crippen LogP contribution in [0.3, 0.4) is 0 Å². The van der Waals surface area contributed by atoms with E-state index in [1.807, 2.05) is 6.26 Å². The topological polar surface area (TPSA) is 69.1 Å². The summed E-state index contributed by atoms with van der Waals surface area (Å²) in [6.07, 6.45) is 1.86. The zero-order valence-electron chi connectivity index (χ0n) is 7.48. The number of oxazole rings is 1. The third-order valence-electron chi connectivity index (χ3n) is 1.84. The standard InChI is InChI=1S/C9H8N2O2S/c1-14-9-11-7-5(8(10)12)3-2-4-6(7)13-9/h2-4H,1H3,(H2,10,12). The van der Waals surface area contributed by atoms with Crippen LogP contribution >= 0.6 is 11.8 Å². The van der Waals surface area contributed by atoms with E-state index in [0.717, 1.165) is 0 Å². The number of nitrogens with two attached hydrogens (primary N) is 1. The average Bonchev–Trinajstić information content (AvgIpc) is 2.59. The number of rotatable bonds is 2. The summed E-state index contributed by atoms with van der Waals surface area (Å²) in [7, 11) is 0. The van der Waals surface area contributed by atoms with Gasteiger partial charge >= 0.3 is 0 Å². The Morgan fingerprint density at radius 1 is 1.57 bits per heavy atom. The van der Waals surface area contributed by atoms with Crippen LogP contribution in [0.4, 0.5) is 0 Å². The fourth-order valence-electron chi connectivity index (χ4n) is 1.21. The van der Waals surface area contributed by atoms with E-state index in [1.54, 1.807) is 18.2 Å². The SMILES string of the molecule is CSc1nc2c(C(N)=O)cccc2o1. The molecule has 0 bridgehead atoms. The summed E-state index contributed by atoms with van der Waals surface area (Å²) in [5, 5.41) is 0.536. The second-order valence-electron chi connectivity index (χ2n) is 2.70. The van der Waals surface area contributed by atoms with Gasteiger partial charge in [-0.25, -0.2) is 4.98 Å². The molecule has 1 aromatic heterocycles. The Labute approximate surface area is 84.5 Å². The van der Waals surface area contributed by atoms with Crippen LogP contribution in [0.15, 0.2) is 27.8 Å². The molecule has 1 heterocycles. The maximum Gasteiger partial charge on any atom is 0.256 e. The molecule has 2 aromatic rings. The normalized spacial score (nSPS) is 10.6. The summed E-state index contributed by atoms with van der Waals surface area (Å²) < 4.78 is 5.35. The minimum absolute atomic E-state index is 0.395. The van der Waals surface area contributed by atoms with Crippen molar-refractivity contribution < 1.29 is 9.21 Å². The number of thioether (sulfide) groups is 1. The van der Waals surface area contributed by atoms with Crippen molar-refractivity contribution in [1.29, 1.82) is 0 Å². The summed E-state index contributed by atoms with van der Waals surface area (Å²) in [5.74, 6) is -0.489. The molecule has 0 saturated carbocycles. The molecule has 0 unspecified atom stereocenters. The molecule has 0 fully saturated rings. The number of nitrogens with zero attached hydrogens (tertiary/aromatic N) is 1. The average molecular weight is 208 g/mol. The Bertz CT molecular complexity index is 493. The molecule has 2 rings (SSSR count). The predicted octanol–water partition coefficient (Wildman–Crippen LogP) is 1.65. The molecule has 0 spiro atoms. The van der Waals surface area contributed by atoms with Gasteiger partial charge < -0.3 is 10.2 Å². The third-order valence-corrected chi connectivity index (χ3v) is 2.36. The van der Waals surface area contributed by atoms with Crippen LogP contribution in [-0.4, -0.2) is 17.1 Å². The van der Waals surface area contributed by atoms with Gasteiger partial charge in [-0.1, -0.05) is 17.8 Å².